The van der Waals surface area contributed by atoms with E-state index < -0.39 is 9.75 Å². The summed E-state index contributed by atoms with van der Waals surface area (Å²) in [6.45, 7) is 3.53. The van der Waals surface area contributed by atoms with Crippen molar-refractivity contribution < 1.29 is 9.59 Å². The first kappa shape index (κ1) is 18.1. The Bertz CT molecular complexity index is 701. The summed E-state index contributed by atoms with van der Waals surface area (Å²) >= 11 is 24.2. The normalized spacial score (nSPS) is 25.5. The number of carbonyl (C=O) groups is 2. The molecule has 1 aliphatic heterocycles. The number of carbonyl (C=O) groups excluding carboxylic acids is 2. The van der Waals surface area contributed by atoms with E-state index in [1.807, 2.05) is 0 Å². The Balaban J connectivity index is 1.64. The summed E-state index contributed by atoms with van der Waals surface area (Å²) in [7, 11) is 0. The number of piperazine rings is 1. The maximum absolute atomic E-state index is 12.6. The van der Waals surface area contributed by atoms with Crippen LogP contribution < -0.4 is 0 Å². The Kier molecular flexibility index (Phi) is 4.71. The molecule has 1 heterocycles. The first-order valence-electron chi connectivity index (χ1n) is 7.58. The molecular weight excluding hydrogens is 394 g/mol. The summed E-state index contributed by atoms with van der Waals surface area (Å²) in [5, 5.41) is 0.598. The number of amides is 2. The van der Waals surface area contributed by atoms with Gasteiger partial charge in [0.25, 0.3) is 5.91 Å². The van der Waals surface area contributed by atoms with Gasteiger partial charge in [0.2, 0.25) is 5.91 Å². The molecule has 2 aliphatic rings. The van der Waals surface area contributed by atoms with E-state index in [0.717, 1.165) is 0 Å². The van der Waals surface area contributed by atoms with Gasteiger partial charge >= 0.3 is 0 Å². The van der Waals surface area contributed by atoms with Crippen LogP contribution in [0.15, 0.2) is 18.2 Å². The van der Waals surface area contributed by atoms with E-state index in [2.05, 4.69) is 0 Å². The number of hydrogen-bond donors (Lipinski definition) is 0. The first-order valence-corrected chi connectivity index (χ1v) is 9.09. The number of rotatable bonds is 2. The molecule has 1 saturated heterocycles. The Hall–Kier alpha value is -0.680. The third-order valence-electron chi connectivity index (χ3n) is 4.77. The molecule has 0 spiro atoms. The van der Waals surface area contributed by atoms with Crippen LogP contribution in [0.4, 0.5) is 0 Å². The third kappa shape index (κ3) is 2.98. The Morgan fingerprint density at radius 2 is 1.58 bits per heavy atom. The third-order valence-corrected chi connectivity index (χ3v) is 6.69. The Morgan fingerprint density at radius 1 is 1.04 bits per heavy atom. The fourth-order valence-electron chi connectivity index (χ4n) is 2.93. The van der Waals surface area contributed by atoms with Crippen molar-refractivity contribution in [1.29, 1.82) is 0 Å². The highest BCUT2D eigenvalue weighted by molar-refractivity contribution is 6.53. The van der Waals surface area contributed by atoms with Crippen molar-refractivity contribution in [2.75, 3.05) is 26.2 Å². The standard InChI is InChI=1S/C16H16Cl4N2O2/c1-15(9-16(15,19)20)14(24)22-7-5-21(6-8-22)13(23)10-3-2-4-11(17)12(10)18/h2-4H,5-9H2,1H3/t15-/m0/s1. The lowest BCUT2D eigenvalue weighted by Gasteiger charge is -2.36. The Labute approximate surface area is 160 Å². The van der Waals surface area contributed by atoms with Gasteiger partial charge in [0.15, 0.2) is 0 Å². The highest BCUT2D eigenvalue weighted by Gasteiger charge is 2.68. The topological polar surface area (TPSA) is 40.6 Å². The molecule has 0 N–H and O–H groups in total. The number of benzene rings is 1. The van der Waals surface area contributed by atoms with Crippen LogP contribution in [0.25, 0.3) is 0 Å². The van der Waals surface area contributed by atoms with Crippen molar-refractivity contribution in [2.45, 2.75) is 17.7 Å². The first-order chi connectivity index (χ1) is 11.2. The molecule has 24 heavy (non-hydrogen) atoms. The summed E-state index contributed by atoms with van der Waals surface area (Å²) in [4.78, 5) is 28.5. The van der Waals surface area contributed by atoms with E-state index in [1.54, 1.807) is 34.9 Å². The lowest BCUT2D eigenvalue weighted by atomic mass is 10.1. The summed E-state index contributed by atoms with van der Waals surface area (Å²) in [6.07, 6.45) is 0.458. The zero-order chi connectivity index (χ0) is 17.7. The molecular formula is C16H16Cl4N2O2. The van der Waals surface area contributed by atoms with Gasteiger partial charge < -0.3 is 9.80 Å². The average Bonchev–Trinajstić information content (AvgIpc) is 3.08. The molecule has 0 unspecified atom stereocenters. The van der Waals surface area contributed by atoms with Gasteiger partial charge in [0.1, 0.15) is 4.33 Å². The van der Waals surface area contributed by atoms with Crippen molar-refractivity contribution in [2.24, 2.45) is 5.41 Å². The molecule has 130 valence electrons. The van der Waals surface area contributed by atoms with Gasteiger partial charge in [-0.1, -0.05) is 29.3 Å². The van der Waals surface area contributed by atoms with E-state index in [-0.39, 0.29) is 16.8 Å². The van der Waals surface area contributed by atoms with Gasteiger partial charge in [0, 0.05) is 26.2 Å². The molecule has 2 fully saturated rings. The average molecular weight is 410 g/mol. The molecule has 0 bridgehead atoms. The van der Waals surface area contributed by atoms with Crippen LogP contribution in [0, 0.1) is 5.41 Å². The molecule has 1 aromatic rings. The predicted molar refractivity (Wildman–Crippen MR) is 96.1 cm³/mol. The van der Waals surface area contributed by atoms with Crippen LogP contribution in [0.3, 0.4) is 0 Å². The van der Waals surface area contributed by atoms with Crippen LogP contribution in [0.2, 0.25) is 10.0 Å². The maximum Gasteiger partial charge on any atom is 0.255 e. The smallest absolute Gasteiger partial charge is 0.255 e. The van der Waals surface area contributed by atoms with E-state index in [1.165, 1.54) is 0 Å². The van der Waals surface area contributed by atoms with Crippen LogP contribution in [-0.2, 0) is 4.79 Å². The monoisotopic (exact) mass is 408 g/mol. The van der Waals surface area contributed by atoms with E-state index >= 15 is 0 Å². The van der Waals surface area contributed by atoms with Gasteiger partial charge in [-0.25, -0.2) is 0 Å². The van der Waals surface area contributed by atoms with Crippen LogP contribution >= 0.6 is 46.4 Å². The SMILES string of the molecule is C[C@@]1(C(=O)N2CCN(C(=O)c3cccc(Cl)c3Cl)CC2)CC1(Cl)Cl. The molecule has 2 amide bonds. The number of halogens is 4. The van der Waals surface area contributed by atoms with Gasteiger partial charge in [-0.3, -0.25) is 9.59 Å². The number of alkyl halides is 2. The Morgan fingerprint density at radius 3 is 2.12 bits per heavy atom. The van der Waals surface area contributed by atoms with Crippen LogP contribution in [0.1, 0.15) is 23.7 Å². The second-order valence-electron chi connectivity index (χ2n) is 6.40. The van der Waals surface area contributed by atoms with Gasteiger partial charge in [-0.05, 0) is 25.5 Å². The van der Waals surface area contributed by atoms with Crippen molar-refractivity contribution in [1.82, 2.24) is 9.80 Å². The lowest BCUT2D eigenvalue weighted by Crippen LogP contribution is -2.52. The van der Waals surface area contributed by atoms with Gasteiger partial charge in [-0.15, -0.1) is 23.2 Å². The largest absolute Gasteiger partial charge is 0.339 e. The quantitative estimate of drug-likeness (QED) is 0.695. The number of nitrogens with zero attached hydrogens (tertiary/aromatic N) is 2. The minimum Gasteiger partial charge on any atom is -0.339 e. The second kappa shape index (κ2) is 6.24. The van der Waals surface area contributed by atoms with Crippen molar-refractivity contribution in [3.8, 4) is 0 Å². The van der Waals surface area contributed by atoms with E-state index in [9.17, 15) is 9.59 Å². The molecule has 0 radical (unpaired) electrons. The lowest BCUT2D eigenvalue weighted by molar-refractivity contribution is -0.137. The van der Waals surface area contributed by atoms with Crippen LogP contribution in [0.5, 0.6) is 0 Å². The molecule has 0 aromatic heterocycles. The van der Waals surface area contributed by atoms with Gasteiger partial charge in [-0.2, -0.15) is 0 Å². The predicted octanol–water partition coefficient (Wildman–Crippen LogP) is 3.86. The fourth-order valence-corrected chi connectivity index (χ4v) is 4.01. The molecule has 1 aliphatic carbocycles. The van der Waals surface area contributed by atoms with Crippen molar-refractivity contribution in [3.05, 3.63) is 33.8 Å². The molecule has 1 atom stereocenters. The van der Waals surface area contributed by atoms with Crippen molar-refractivity contribution in [3.63, 3.8) is 0 Å². The number of hydrogen-bond acceptors (Lipinski definition) is 2. The summed E-state index contributed by atoms with van der Waals surface area (Å²) in [5.41, 5.74) is -0.350. The molecule has 1 saturated carbocycles. The van der Waals surface area contributed by atoms with E-state index in [4.69, 9.17) is 46.4 Å². The minimum atomic E-state index is -0.981. The maximum atomic E-state index is 12.6. The van der Waals surface area contributed by atoms with E-state index in [0.29, 0.717) is 43.2 Å². The zero-order valence-electron chi connectivity index (χ0n) is 13.0. The van der Waals surface area contributed by atoms with Gasteiger partial charge in [0.05, 0.1) is 21.0 Å². The zero-order valence-corrected chi connectivity index (χ0v) is 16.0. The molecule has 4 nitrogen and oxygen atoms in total. The fraction of sp³-hybridized carbons (Fsp3) is 0.500. The highest BCUT2D eigenvalue weighted by Crippen LogP contribution is 2.64. The summed E-state index contributed by atoms with van der Waals surface area (Å²) in [6, 6.07) is 4.97. The summed E-state index contributed by atoms with van der Waals surface area (Å²) in [5.74, 6) is -0.239. The molecule has 1 aromatic carbocycles. The molecule has 3 rings (SSSR count). The highest BCUT2D eigenvalue weighted by atomic mass is 35.5. The van der Waals surface area contributed by atoms with Crippen molar-refractivity contribution >= 4 is 58.2 Å². The summed E-state index contributed by atoms with van der Waals surface area (Å²) < 4.78 is -0.981. The second-order valence-corrected chi connectivity index (χ2v) is 8.67. The molecule has 8 heteroatoms. The van der Waals surface area contributed by atoms with Crippen LogP contribution in [-0.4, -0.2) is 52.1 Å². The minimum absolute atomic E-state index is 0.0552.